The number of nitrogens with one attached hydrogen (secondary N) is 1. The van der Waals surface area contributed by atoms with E-state index < -0.39 is 6.04 Å². The average molecular weight is 385 g/mol. The maximum absolute atomic E-state index is 12.9. The molecule has 0 unspecified atom stereocenters. The molecule has 2 rings (SSSR count). The summed E-state index contributed by atoms with van der Waals surface area (Å²) in [7, 11) is 1.60. The fourth-order valence-electron chi connectivity index (χ4n) is 2.78. The highest BCUT2D eigenvalue weighted by molar-refractivity contribution is 7.99. The summed E-state index contributed by atoms with van der Waals surface area (Å²) < 4.78 is 0. The molecule has 0 aliphatic rings. The summed E-state index contributed by atoms with van der Waals surface area (Å²) in [6, 6.07) is 15.7. The van der Waals surface area contributed by atoms with Crippen LogP contribution in [-0.4, -0.2) is 35.6 Å². The minimum absolute atomic E-state index is 0.0229. The lowest BCUT2D eigenvalue weighted by molar-refractivity contribution is -0.138. The van der Waals surface area contributed by atoms with Crippen molar-refractivity contribution in [3.63, 3.8) is 0 Å². The van der Waals surface area contributed by atoms with Crippen molar-refractivity contribution >= 4 is 23.6 Å². The number of likely N-dealkylation sites (N-methyl/N-ethyl adjacent to an activating group) is 1. The Morgan fingerprint density at radius 1 is 1.07 bits per heavy atom. The number of carbonyl (C=O) groups excluding carboxylic acids is 2. The Morgan fingerprint density at radius 2 is 1.74 bits per heavy atom. The molecule has 5 heteroatoms. The van der Waals surface area contributed by atoms with Gasteiger partial charge in [0, 0.05) is 19.3 Å². The van der Waals surface area contributed by atoms with Crippen LogP contribution in [0.4, 0.5) is 0 Å². The molecule has 2 aromatic rings. The van der Waals surface area contributed by atoms with Crippen molar-refractivity contribution in [1.82, 2.24) is 10.2 Å². The molecule has 0 heterocycles. The van der Waals surface area contributed by atoms with Gasteiger partial charge in [-0.3, -0.25) is 9.59 Å². The van der Waals surface area contributed by atoms with Crippen LogP contribution in [-0.2, 0) is 21.9 Å². The Kier molecular flexibility index (Phi) is 7.92. The van der Waals surface area contributed by atoms with Crippen molar-refractivity contribution in [1.29, 1.82) is 0 Å². The van der Waals surface area contributed by atoms with Crippen LogP contribution >= 0.6 is 11.8 Å². The molecular weight excluding hydrogens is 356 g/mol. The highest BCUT2D eigenvalue weighted by Gasteiger charge is 2.25. The number of aryl methyl sites for hydroxylation is 2. The predicted octanol–water partition coefficient (Wildman–Crippen LogP) is 3.70. The number of thioether (sulfide) groups is 1. The number of carbonyl (C=O) groups is 2. The molecule has 1 N–H and O–H groups in total. The van der Waals surface area contributed by atoms with E-state index >= 15 is 0 Å². The first-order valence-electron chi connectivity index (χ1n) is 9.11. The second-order valence-electron chi connectivity index (χ2n) is 6.72. The molecule has 0 fully saturated rings. The minimum atomic E-state index is -0.511. The highest BCUT2D eigenvalue weighted by Crippen LogP contribution is 2.18. The van der Waals surface area contributed by atoms with Gasteiger partial charge in [-0.25, -0.2) is 0 Å². The summed E-state index contributed by atoms with van der Waals surface area (Å²) in [5.74, 6) is 0.955. The number of amides is 2. The molecule has 0 radical (unpaired) electrons. The SMILES string of the molecule is CNC(=O)[C@H](C)N(Cc1ccc(C)cc1)C(=O)CSCc1ccccc1C. The molecule has 1 atom stereocenters. The maximum Gasteiger partial charge on any atom is 0.242 e. The Bertz CT molecular complexity index is 774. The quantitative estimate of drug-likeness (QED) is 0.755. The van der Waals surface area contributed by atoms with Crippen LogP contribution in [0.25, 0.3) is 0 Å². The average Bonchev–Trinajstić information content (AvgIpc) is 2.67. The molecule has 4 nitrogen and oxygen atoms in total. The fourth-order valence-corrected chi connectivity index (χ4v) is 3.77. The molecule has 144 valence electrons. The summed E-state index contributed by atoms with van der Waals surface area (Å²) >= 11 is 1.58. The number of rotatable bonds is 8. The van der Waals surface area contributed by atoms with Crippen molar-refractivity contribution in [3.05, 3.63) is 70.8 Å². The number of hydrogen-bond donors (Lipinski definition) is 1. The molecule has 2 aromatic carbocycles. The summed E-state index contributed by atoms with van der Waals surface area (Å²) in [4.78, 5) is 26.7. The molecule has 0 bridgehead atoms. The zero-order valence-electron chi connectivity index (χ0n) is 16.5. The summed E-state index contributed by atoms with van der Waals surface area (Å²) in [6.45, 7) is 6.31. The van der Waals surface area contributed by atoms with Gasteiger partial charge < -0.3 is 10.2 Å². The normalized spacial score (nSPS) is 11.7. The Labute approximate surface area is 166 Å². The van der Waals surface area contributed by atoms with Crippen molar-refractivity contribution in [2.75, 3.05) is 12.8 Å². The van der Waals surface area contributed by atoms with E-state index in [1.807, 2.05) is 43.3 Å². The van der Waals surface area contributed by atoms with Gasteiger partial charge in [0.15, 0.2) is 0 Å². The van der Waals surface area contributed by atoms with E-state index in [0.717, 1.165) is 11.3 Å². The fraction of sp³-hybridized carbons (Fsp3) is 0.364. The Morgan fingerprint density at radius 3 is 2.37 bits per heavy atom. The van der Waals surface area contributed by atoms with E-state index in [9.17, 15) is 9.59 Å². The van der Waals surface area contributed by atoms with E-state index in [2.05, 4.69) is 24.4 Å². The Balaban J connectivity index is 2.04. The first kappa shape index (κ1) is 21.0. The number of hydrogen-bond acceptors (Lipinski definition) is 3. The third kappa shape index (κ3) is 6.14. The largest absolute Gasteiger partial charge is 0.357 e. The van der Waals surface area contributed by atoms with Crippen molar-refractivity contribution in [2.45, 2.75) is 39.1 Å². The molecule has 0 aliphatic carbocycles. The molecule has 0 saturated carbocycles. The van der Waals surface area contributed by atoms with Gasteiger partial charge in [-0.15, -0.1) is 11.8 Å². The van der Waals surface area contributed by atoms with Crippen molar-refractivity contribution in [2.24, 2.45) is 0 Å². The van der Waals surface area contributed by atoms with Crippen LogP contribution in [0.1, 0.15) is 29.2 Å². The van der Waals surface area contributed by atoms with Gasteiger partial charge in [0.25, 0.3) is 0 Å². The predicted molar refractivity (Wildman–Crippen MR) is 113 cm³/mol. The highest BCUT2D eigenvalue weighted by atomic mass is 32.2. The van der Waals surface area contributed by atoms with Crippen LogP contribution in [0.15, 0.2) is 48.5 Å². The number of benzene rings is 2. The van der Waals surface area contributed by atoms with Crippen LogP contribution in [0.3, 0.4) is 0 Å². The van der Waals surface area contributed by atoms with Crippen LogP contribution < -0.4 is 5.32 Å². The third-order valence-electron chi connectivity index (χ3n) is 4.63. The third-order valence-corrected chi connectivity index (χ3v) is 5.60. The standard InChI is InChI=1S/C22H28N2O2S/c1-16-9-11-19(12-10-16)13-24(18(3)22(26)23-4)21(25)15-27-14-20-8-6-5-7-17(20)2/h5-12,18H,13-15H2,1-4H3,(H,23,26)/t18-/m0/s1. The topological polar surface area (TPSA) is 49.4 Å². The lowest BCUT2D eigenvalue weighted by Gasteiger charge is -2.28. The molecule has 0 aromatic heterocycles. The lowest BCUT2D eigenvalue weighted by atomic mass is 10.1. The van der Waals surface area contributed by atoms with Gasteiger partial charge in [-0.1, -0.05) is 54.1 Å². The number of nitrogens with zero attached hydrogens (tertiary/aromatic N) is 1. The van der Waals surface area contributed by atoms with E-state index in [1.54, 1.807) is 30.6 Å². The second kappa shape index (κ2) is 10.2. The van der Waals surface area contributed by atoms with Crippen LogP contribution in [0, 0.1) is 13.8 Å². The van der Waals surface area contributed by atoms with Gasteiger partial charge in [0.05, 0.1) is 5.75 Å². The molecule has 27 heavy (non-hydrogen) atoms. The van der Waals surface area contributed by atoms with Crippen molar-refractivity contribution in [3.8, 4) is 0 Å². The van der Waals surface area contributed by atoms with Gasteiger partial charge in [-0.05, 0) is 37.5 Å². The maximum atomic E-state index is 12.9. The summed E-state index contributed by atoms with van der Waals surface area (Å²) in [5.41, 5.74) is 4.66. The zero-order valence-corrected chi connectivity index (χ0v) is 17.3. The van der Waals surface area contributed by atoms with Crippen molar-refractivity contribution < 1.29 is 9.59 Å². The van der Waals surface area contributed by atoms with E-state index in [0.29, 0.717) is 12.3 Å². The van der Waals surface area contributed by atoms with E-state index in [-0.39, 0.29) is 11.8 Å². The van der Waals surface area contributed by atoms with Gasteiger partial charge >= 0.3 is 0 Å². The zero-order chi connectivity index (χ0) is 19.8. The second-order valence-corrected chi connectivity index (χ2v) is 7.70. The van der Waals surface area contributed by atoms with E-state index in [1.165, 1.54) is 16.7 Å². The molecule has 0 aliphatic heterocycles. The molecular formula is C22H28N2O2S. The summed E-state index contributed by atoms with van der Waals surface area (Å²) in [6.07, 6.45) is 0. The van der Waals surface area contributed by atoms with Gasteiger partial charge in [-0.2, -0.15) is 0 Å². The lowest BCUT2D eigenvalue weighted by Crippen LogP contribution is -2.47. The first-order chi connectivity index (χ1) is 12.9. The van der Waals surface area contributed by atoms with Gasteiger partial charge in [0.2, 0.25) is 11.8 Å². The minimum Gasteiger partial charge on any atom is -0.357 e. The monoisotopic (exact) mass is 384 g/mol. The molecule has 0 spiro atoms. The Hall–Kier alpha value is -2.27. The molecule has 0 saturated heterocycles. The molecule has 2 amide bonds. The van der Waals surface area contributed by atoms with Crippen LogP contribution in [0.5, 0.6) is 0 Å². The van der Waals surface area contributed by atoms with E-state index in [4.69, 9.17) is 0 Å². The van der Waals surface area contributed by atoms with Crippen LogP contribution in [0.2, 0.25) is 0 Å². The van der Waals surface area contributed by atoms with Gasteiger partial charge in [0.1, 0.15) is 6.04 Å². The first-order valence-corrected chi connectivity index (χ1v) is 10.3. The smallest absolute Gasteiger partial charge is 0.242 e. The summed E-state index contributed by atoms with van der Waals surface area (Å²) in [5, 5.41) is 2.64.